The first-order valence-corrected chi connectivity index (χ1v) is 8.66. The highest BCUT2D eigenvalue weighted by atomic mass is 127. The number of halogens is 1. The molecular weight excluding hydrogens is 421 g/mol. The van der Waals surface area contributed by atoms with Gasteiger partial charge in [-0.3, -0.25) is 9.89 Å². The molecule has 2 aliphatic rings. The minimum Gasteiger partial charge on any atom is -0.382 e. The molecular formula is C16H34IN5O2. The summed E-state index contributed by atoms with van der Waals surface area (Å²) in [6.07, 6.45) is 0.126. The molecule has 2 fully saturated rings. The Hall–Kier alpha value is -0.160. The quantitative estimate of drug-likeness (QED) is 0.362. The number of morpholine rings is 1. The Bertz CT molecular complexity index is 383. The van der Waals surface area contributed by atoms with Gasteiger partial charge >= 0.3 is 0 Å². The van der Waals surface area contributed by atoms with Crippen LogP contribution in [0.4, 0.5) is 0 Å². The van der Waals surface area contributed by atoms with Gasteiger partial charge < -0.3 is 24.6 Å². The summed E-state index contributed by atoms with van der Waals surface area (Å²) in [7, 11) is 6.10. The molecule has 2 aliphatic heterocycles. The second-order valence-electron chi connectivity index (χ2n) is 6.49. The Labute approximate surface area is 163 Å². The van der Waals surface area contributed by atoms with Gasteiger partial charge in [-0.1, -0.05) is 0 Å². The summed E-state index contributed by atoms with van der Waals surface area (Å²) in [6.45, 7) is 10.2. The molecule has 1 N–H and O–H groups in total. The Balaban J connectivity index is 0.00000288. The van der Waals surface area contributed by atoms with E-state index in [1.54, 1.807) is 7.11 Å². The van der Waals surface area contributed by atoms with Gasteiger partial charge in [0.1, 0.15) is 0 Å². The van der Waals surface area contributed by atoms with E-state index in [-0.39, 0.29) is 30.1 Å². The van der Waals surface area contributed by atoms with E-state index < -0.39 is 0 Å². The van der Waals surface area contributed by atoms with Crippen molar-refractivity contribution in [2.75, 3.05) is 80.2 Å². The second-order valence-corrected chi connectivity index (χ2v) is 6.49. The van der Waals surface area contributed by atoms with E-state index in [9.17, 15) is 0 Å². The average molecular weight is 455 g/mol. The summed E-state index contributed by atoms with van der Waals surface area (Å²) in [5, 5.41) is 3.43. The molecule has 2 heterocycles. The lowest BCUT2D eigenvalue weighted by Crippen LogP contribution is -2.53. The third kappa shape index (κ3) is 6.62. The van der Waals surface area contributed by atoms with E-state index in [1.165, 1.54) is 0 Å². The van der Waals surface area contributed by atoms with Crippen molar-refractivity contribution in [1.82, 2.24) is 20.0 Å². The molecule has 7 nitrogen and oxygen atoms in total. The standard InChI is InChI=1S/C16H33N5O2.HI/c1-5-17-16(21-8-9-23-15(12-21)13-22-4)18-10-14-11-19(2)6-7-20(14)3;/h14-15H,5-13H2,1-4H3,(H,17,18);1H. The summed E-state index contributed by atoms with van der Waals surface area (Å²) >= 11 is 0. The number of nitrogens with zero attached hydrogens (tertiary/aromatic N) is 4. The first-order chi connectivity index (χ1) is 11.1. The van der Waals surface area contributed by atoms with Gasteiger partial charge in [-0.05, 0) is 21.0 Å². The molecule has 0 amide bonds. The van der Waals surface area contributed by atoms with E-state index in [4.69, 9.17) is 14.5 Å². The fraction of sp³-hybridized carbons (Fsp3) is 0.938. The average Bonchev–Trinajstić information content (AvgIpc) is 2.55. The minimum atomic E-state index is 0. The number of hydrogen-bond donors (Lipinski definition) is 1. The number of guanidine groups is 1. The van der Waals surface area contributed by atoms with Crippen LogP contribution >= 0.6 is 24.0 Å². The summed E-state index contributed by atoms with van der Waals surface area (Å²) in [4.78, 5) is 12.0. The van der Waals surface area contributed by atoms with Gasteiger partial charge in [0.2, 0.25) is 0 Å². The largest absolute Gasteiger partial charge is 0.382 e. The number of ether oxygens (including phenoxy) is 2. The van der Waals surface area contributed by atoms with Gasteiger partial charge in [0.05, 0.1) is 25.9 Å². The molecule has 0 aliphatic carbocycles. The molecule has 2 rings (SSSR count). The Morgan fingerprint density at radius 3 is 2.75 bits per heavy atom. The van der Waals surface area contributed by atoms with Crippen LogP contribution in [0.25, 0.3) is 0 Å². The van der Waals surface area contributed by atoms with Crippen molar-refractivity contribution < 1.29 is 9.47 Å². The summed E-state index contributed by atoms with van der Waals surface area (Å²) < 4.78 is 11.0. The SMILES string of the molecule is CCNC(=NCC1CN(C)CCN1C)N1CCOC(COC)C1.I. The highest BCUT2D eigenvalue weighted by Crippen LogP contribution is 2.09. The topological polar surface area (TPSA) is 52.6 Å². The maximum Gasteiger partial charge on any atom is 0.194 e. The highest BCUT2D eigenvalue weighted by Gasteiger charge is 2.25. The lowest BCUT2D eigenvalue weighted by molar-refractivity contribution is -0.0447. The predicted molar refractivity (Wildman–Crippen MR) is 108 cm³/mol. The molecule has 0 bridgehead atoms. The lowest BCUT2D eigenvalue weighted by atomic mass is 10.2. The number of likely N-dealkylation sites (N-methyl/N-ethyl adjacent to an activating group) is 2. The molecule has 2 unspecified atom stereocenters. The summed E-state index contributed by atoms with van der Waals surface area (Å²) in [6, 6.07) is 0.484. The zero-order chi connectivity index (χ0) is 16.7. The van der Waals surface area contributed by atoms with Crippen LogP contribution in [0.5, 0.6) is 0 Å². The second kappa shape index (κ2) is 11.5. The number of rotatable bonds is 5. The number of methoxy groups -OCH3 is 1. The molecule has 0 aromatic carbocycles. The monoisotopic (exact) mass is 455 g/mol. The van der Waals surface area contributed by atoms with Crippen LogP contribution in [0.2, 0.25) is 0 Å². The maximum absolute atomic E-state index is 5.74. The Morgan fingerprint density at radius 1 is 1.25 bits per heavy atom. The number of piperazine rings is 1. The van der Waals surface area contributed by atoms with Crippen molar-refractivity contribution in [3.05, 3.63) is 0 Å². The van der Waals surface area contributed by atoms with Crippen molar-refractivity contribution in [1.29, 1.82) is 0 Å². The molecule has 8 heteroatoms. The summed E-state index contributed by atoms with van der Waals surface area (Å²) in [5.41, 5.74) is 0. The van der Waals surface area contributed by atoms with Crippen LogP contribution in [-0.2, 0) is 9.47 Å². The van der Waals surface area contributed by atoms with E-state index >= 15 is 0 Å². The molecule has 0 aromatic rings. The van der Waals surface area contributed by atoms with Gasteiger partial charge in [-0.15, -0.1) is 24.0 Å². The van der Waals surface area contributed by atoms with Gasteiger partial charge in [-0.25, -0.2) is 0 Å². The fourth-order valence-corrected chi connectivity index (χ4v) is 3.11. The van der Waals surface area contributed by atoms with Crippen molar-refractivity contribution >= 4 is 29.9 Å². The number of hydrogen-bond acceptors (Lipinski definition) is 5. The van der Waals surface area contributed by atoms with Gasteiger partial charge in [0.15, 0.2) is 5.96 Å². The van der Waals surface area contributed by atoms with Crippen molar-refractivity contribution in [2.24, 2.45) is 4.99 Å². The molecule has 0 aromatic heterocycles. The third-order valence-corrected chi connectivity index (χ3v) is 4.56. The zero-order valence-corrected chi connectivity index (χ0v) is 17.9. The van der Waals surface area contributed by atoms with E-state index in [0.29, 0.717) is 12.6 Å². The Kier molecular flexibility index (Phi) is 10.4. The number of aliphatic imine (C=N–C) groups is 1. The van der Waals surface area contributed by atoms with E-state index in [2.05, 4.69) is 41.0 Å². The fourth-order valence-electron chi connectivity index (χ4n) is 3.11. The zero-order valence-electron chi connectivity index (χ0n) is 15.5. The van der Waals surface area contributed by atoms with Gasteiger partial charge in [0.25, 0.3) is 0 Å². The first kappa shape index (κ1) is 21.9. The van der Waals surface area contributed by atoms with Crippen LogP contribution in [-0.4, -0.2) is 113 Å². The Morgan fingerprint density at radius 2 is 2.04 bits per heavy atom. The molecule has 0 radical (unpaired) electrons. The van der Waals surface area contributed by atoms with Crippen LogP contribution in [0.15, 0.2) is 4.99 Å². The van der Waals surface area contributed by atoms with Gasteiger partial charge in [0, 0.05) is 52.4 Å². The van der Waals surface area contributed by atoms with Crippen LogP contribution in [0, 0.1) is 0 Å². The van der Waals surface area contributed by atoms with Crippen LogP contribution in [0.1, 0.15) is 6.92 Å². The molecule has 2 saturated heterocycles. The smallest absolute Gasteiger partial charge is 0.194 e. The van der Waals surface area contributed by atoms with Crippen molar-refractivity contribution in [3.63, 3.8) is 0 Å². The minimum absolute atomic E-state index is 0. The van der Waals surface area contributed by atoms with Crippen LogP contribution < -0.4 is 5.32 Å². The molecule has 2 atom stereocenters. The van der Waals surface area contributed by atoms with E-state index in [0.717, 1.165) is 58.4 Å². The van der Waals surface area contributed by atoms with Crippen molar-refractivity contribution in [3.8, 4) is 0 Å². The normalized spacial score (nSPS) is 27.0. The molecule has 0 saturated carbocycles. The predicted octanol–water partition coefficient (Wildman–Crippen LogP) is 0.163. The van der Waals surface area contributed by atoms with Gasteiger partial charge in [-0.2, -0.15) is 0 Å². The number of nitrogens with one attached hydrogen (secondary N) is 1. The van der Waals surface area contributed by atoms with Crippen LogP contribution in [0.3, 0.4) is 0 Å². The first-order valence-electron chi connectivity index (χ1n) is 8.66. The highest BCUT2D eigenvalue weighted by molar-refractivity contribution is 14.0. The molecule has 0 spiro atoms. The maximum atomic E-state index is 5.74. The lowest BCUT2D eigenvalue weighted by Gasteiger charge is -2.38. The third-order valence-electron chi connectivity index (χ3n) is 4.56. The molecule has 24 heavy (non-hydrogen) atoms. The van der Waals surface area contributed by atoms with E-state index in [1.807, 2.05) is 0 Å². The molecule has 142 valence electrons. The van der Waals surface area contributed by atoms with Crippen molar-refractivity contribution in [2.45, 2.75) is 19.1 Å². The summed E-state index contributed by atoms with van der Waals surface area (Å²) in [5.74, 6) is 0.999.